The summed E-state index contributed by atoms with van der Waals surface area (Å²) in [5.41, 5.74) is 1.65. The van der Waals surface area contributed by atoms with Crippen LogP contribution in [0.5, 0.6) is 11.6 Å². The molecule has 0 saturated carbocycles. The number of hydrogen-bond donors (Lipinski definition) is 0. The minimum absolute atomic E-state index is 0.0761. The summed E-state index contributed by atoms with van der Waals surface area (Å²) in [6, 6.07) is 7.70. The minimum Gasteiger partial charge on any atom is -0.496 e. The molecule has 0 aliphatic heterocycles. The van der Waals surface area contributed by atoms with Crippen LogP contribution in [0.2, 0.25) is 0 Å². The number of methoxy groups -OCH3 is 1. The second-order valence-corrected chi connectivity index (χ2v) is 4.11. The molecular formula is C14H16N2O2. The average molecular weight is 244 g/mol. The van der Waals surface area contributed by atoms with Crippen LogP contribution >= 0.6 is 0 Å². The van der Waals surface area contributed by atoms with Gasteiger partial charge in [-0.3, -0.25) is 4.98 Å². The van der Waals surface area contributed by atoms with Gasteiger partial charge in [0.1, 0.15) is 5.75 Å². The van der Waals surface area contributed by atoms with E-state index >= 15 is 0 Å². The lowest BCUT2D eigenvalue weighted by atomic mass is 10.1. The summed E-state index contributed by atoms with van der Waals surface area (Å²) in [6.07, 6.45) is 3.39. The molecule has 1 aromatic heterocycles. The molecule has 4 heteroatoms. The van der Waals surface area contributed by atoms with Gasteiger partial charge >= 0.3 is 0 Å². The number of nitrogens with zero attached hydrogens (tertiary/aromatic N) is 2. The maximum Gasteiger partial charge on any atom is 0.233 e. The smallest absolute Gasteiger partial charge is 0.233 e. The highest BCUT2D eigenvalue weighted by Gasteiger charge is 2.08. The highest BCUT2D eigenvalue weighted by atomic mass is 16.5. The number of rotatable bonds is 4. The van der Waals surface area contributed by atoms with E-state index in [0.717, 1.165) is 17.0 Å². The fraction of sp³-hybridized carbons (Fsp3) is 0.286. The summed E-state index contributed by atoms with van der Waals surface area (Å²) >= 11 is 0. The van der Waals surface area contributed by atoms with Crippen molar-refractivity contribution in [3.8, 4) is 22.9 Å². The molecule has 0 aliphatic carbocycles. The fourth-order valence-corrected chi connectivity index (χ4v) is 1.63. The van der Waals surface area contributed by atoms with E-state index in [1.54, 1.807) is 19.5 Å². The number of para-hydroxylation sites is 1. The van der Waals surface area contributed by atoms with Crippen molar-refractivity contribution in [2.45, 2.75) is 20.0 Å². The lowest BCUT2D eigenvalue weighted by molar-refractivity contribution is 0.232. The Morgan fingerprint density at radius 3 is 2.61 bits per heavy atom. The first-order valence-electron chi connectivity index (χ1n) is 5.83. The average Bonchev–Trinajstić information content (AvgIpc) is 2.38. The molecule has 0 atom stereocenters. The van der Waals surface area contributed by atoms with Crippen molar-refractivity contribution in [3.63, 3.8) is 0 Å². The van der Waals surface area contributed by atoms with E-state index < -0.39 is 0 Å². The Bertz CT molecular complexity index is 527. The second-order valence-electron chi connectivity index (χ2n) is 4.11. The monoisotopic (exact) mass is 244 g/mol. The summed E-state index contributed by atoms with van der Waals surface area (Å²) in [6.45, 7) is 3.91. The van der Waals surface area contributed by atoms with E-state index in [-0.39, 0.29) is 6.10 Å². The third-order valence-corrected chi connectivity index (χ3v) is 2.35. The first-order chi connectivity index (χ1) is 8.70. The molecule has 0 aliphatic rings. The van der Waals surface area contributed by atoms with Gasteiger partial charge in [-0.15, -0.1) is 0 Å². The number of benzene rings is 1. The summed E-state index contributed by atoms with van der Waals surface area (Å²) in [7, 11) is 1.64. The van der Waals surface area contributed by atoms with Gasteiger partial charge in [0.15, 0.2) is 0 Å². The van der Waals surface area contributed by atoms with Crippen LogP contribution < -0.4 is 9.47 Å². The predicted molar refractivity (Wildman–Crippen MR) is 69.8 cm³/mol. The number of aromatic nitrogens is 2. The molecule has 0 bridgehead atoms. The van der Waals surface area contributed by atoms with E-state index in [9.17, 15) is 0 Å². The Morgan fingerprint density at radius 1 is 1.11 bits per heavy atom. The molecule has 2 rings (SSSR count). The van der Waals surface area contributed by atoms with E-state index in [2.05, 4.69) is 9.97 Å². The second kappa shape index (κ2) is 5.49. The maximum atomic E-state index is 5.54. The van der Waals surface area contributed by atoms with Gasteiger partial charge in [-0.25, -0.2) is 4.98 Å². The van der Waals surface area contributed by atoms with Gasteiger partial charge in [-0.2, -0.15) is 0 Å². The summed E-state index contributed by atoms with van der Waals surface area (Å²) in [5.74, 6) is 1.29. The van der Waals surface area contributed by atoms with Crippen LogP contribution in [0.15, 0.2) is 36.7 Å². The zero-order chi connectivity index (χ0) is 13.0. The van der Waals surface area contributed by atoms with Crippen molar-refractivity contribution < 1.29 is 9.47 Å². The van der Waals surface area contributed by atoms with Gasteiger partial charge in [0.25, 0.3) is 0 Å². The van der Waals surface area contributed by atoms with E-state index in [1.165, 1.54) is 0 Å². The molecule has 2 aromatic rings. The van der Waals surface area contributed by atoms with Crippen molar-refractivity contribution in [1.29, 1.82) is 0 Å². The SMILES string of the molecule is COc1ccccc1-c1cncc(OC(C)C)n1. The van der Waals surface area contributed by atoms with Crippen molar-refractivity contribution in [2.24, 2.45) is 0 Å². The van der Waals surface area contributed by atoms with E-state index in [1.807, 2.05) is 38.1 Å². The van der Waals surface area contributed by atoms with Crippen molar-refractivity contribution in [2.75, 3.05) is 7.11 Å². The van der Waals surface area contributed by atoms with Crippen LogP contribution in [0.3, 0.4) is 0 Å². The molecule has 1 heterocycles. The molecule has 0 N–H and O–H groups in total. The van der Waals surface area contributed by atoms with E-state index in [0.29, 0.717) is 5.88 Å². The lowest BCUT2D eigenvalue weighted by Crippen LogP contribution is -2.07. The Morgan fingerprint density at radius 2 is 1.89 bits per heavy atom. The highest BCUT2D eigenvalue weighted by molar-refractivity contribution is 5.66. The Labute approximate surface area is 107 Å². The molecule has 94 valence electrons. The Hall–Kier alpha value is -2.10. The number of ether oxygens (including phenoxy) is 2. The molecule has 1 aromatic carbocycles. The van der Waals surface area contributed by atoms with Gasteiger partial charge in [-0.05, 0) is 26.0 Å². The molecule has 0 saturated heterocycles. The molecule has 0 radical (unpaired) electrons. The first-order valence-corrected chi connectivity index (χ1v) is 5.83. The highest BCUT2D eigenvalue weighted by Crippen LogP contribution is 2.28. The zero-order valence-corrected chi connectivity index (χ0v) is 10.8. The molecule has 0 spiro atoms. The standard InChI is InChI=1S/C14H16N2O2/c1-10(2)18-14-9-15-8-12(16-14)11-6-4-5-7-13(11)17-3/h4-10H,1-3H3. The third kappa shape index (κ3) is 2.77. The summed E-state index contributed by atoms with van der Waals surface area (Å²) < 4.78 is 10.8. The first kappa shape index (κ1) is 12.4. The minimum atomic E-state index is 0.0761. The normalized spacial score (nSPS) is 10.4. The van der Waals surface area contributed by atoms with Gasteiger partial charge in [0.05, 0.1) is 31.3 Å². The fourth-order valence-electron chi connectivity index (χ4n) is 1.63. The van der Waals surface area contributed by atoms with Crippen molar-refractivity contribution >= 4 is 0 Å². The van der Waals surface area contributed by atoms with Crippen LogP contribution in [-0.2, 0) is 0 Å². The predicted octanol–water partition coefficient (Wildman–Crippen LogP) is 2.94. The largest absolute Gasteiger partial charge is 0.496 e. The topological polar surface area (TPSA) is 44.2 Å². The number of hydrogen-bond acceptors (Lipinski definition) is 4. The maximum absolute atomic E-state index is 5.54. The van der Waals surface area contributed by atoms with Gasteiger partial charge in [0, 0.05) is 5.56 Å². The van der Waals surface area contributed by atoms with Gasteiger partial charge in [-0.1, -0.05) is 12.1 Å². The molecule has 18 heavy (non-hydrogen) atoms. The van der Waals surface area contributed by atoms with Crippen LogP contribution in [0.25, 0.3) is 11.3 Å². The molecule has 0 fully saturated rings. The van der Waals surface area contributed by atoms with Crippen LogP contribution in [0.1, 0.15) is 13.8 Å². The lowest BCUT2D eigenvalue weighted by Gasteiger charge is -2.10. The Balaban J connectivity index is 2.38. The van der Waals surface area contributed by atoms with E-state index in [4.69, 9.17) is 9.47 Å². The quantitative estimate of drug-likeness (QED) is 0.829. The van der Waals surface area contributed by atoms with Crippen molar-refractivity contribution in [3.05, 3.63) is 36.7 Å². The Kier molecular flexibility index (Phi) is 3.77. The molecule has 0 amide bonds. The summed E-state index contributed by atoms with van der Waals surface area (Å²) in [4.78, 5) is 8.57. The molecular weight excluding hydrogens is 228 g/mol. The van der Waals surface area contributed by atoms with Crippen molar-refractivity contribution in [1.82, 2.24) is 9.97 Å². The third-order valence-electron chi connectivity index (χ3n) is 2.35. The van der Waals surface area contributed by atoms with Gasteiger partial charge < -0.3 is 9.47 Å². The van der Waals surface area contributed by atoms with Crippen LogP contribution in [0.4, 0.5) is 0 Å². The van der Waals surface area contributed by atoms with Crippen LogP contribution in [0, 0.1) is 0 Å². The summed E-state index contributed by atoms with van der Waals surface area (Å²) in [5, 5.41) is 0. The molecule has 4 nitrogen and oxygen atoms in total. The zero-order valence-electron chi connectivity index (χ0n) is 10.8. The van der Waals surface area contributed by atoms with Gasteiger partial charge in [0.2, 0.25) is 5.88 Å². The van der Waals surface area contributed by atoms with Crippen LogP contribution in [-0.4, -0.2) is 23.2 Å². The molecule has 0 unspecified atom stereocenters.